The molecule has 0 aromatic rings. The lowest BCUT2D eigenvalue weighted by Crippen LogP contribution is -2.38. The molecule has 0 spiro atoms. The molecule has 4 N–H and O–H groups in total. The number of carboxylic acids is 1. The standard InChI is InChI=1S/C5H11NO4/c1-3(2-10-9)4(6)5(7)8/h3-4,9H,2,6H2,1H3,(H,7,8). The summed E-state index contributed by atoms with van der Waals surface area (Å²) in [5.41, 5.74) is 5.16. The number of carbonyl (C=O) groups is 1. The van der Waals surface area contributed by atoms with Gasteiger partial charge in [-0.3, -0.25) is 10.1 Å². The number of carboxylic acid groups (broad SMARTS) is 1. The zero-order chi connectivity index (χ0) is 8.15. The second-order valence-electron chi connectivity index (χ2n) is 2.14. The molecule has 0 bridgehead atoms. The Kier molecular flexibility index (Phi) is 3.94. The van der Waals surface area contributed by atoms with Crippen LogP contribution in [0.25, 0.3) is 0 Å². The Bertz CT molecular complexity index is 116. The van der Waals surface area contributed by atoms with E-state index in [4.69, 9.17) is 16.1 Å². The quantitative estimate of drug-likeness (QED) is 0.371. The Labute approximate surface area is 58.3 Å². The van der Waals surface area contributed by atoms with Crippen LogP contribution in [-0.2, 0) is 9.68 Å². The van der Waals surface area contributed by atoms with Gasteiger partial charge in [-0.25, -0.2) is 4.89 Å². The van der Waals surface area contributed by atoms with Gasteiger partial charge in [-0.15, -0.1) is 0 Å². The first-order chi connectivity index (χ1) is 4.59. The molecule has 0 aromatic carbocycles. The molecule has 0 radical (unpaired) electrons. The Hall–Kier alpha value is -0.650. The SMILES string of the molecule is CC(COO)C(N)C(=O)O. The van der Waals surface area contributed by atoms with Crippen LogP contribution in [0.5, 0.6) is 0 Å². The topological polar surface area (TPSA) is 92.8 Å². The summed E-state index contributed by atoms with van der Waals surface area (Å²) in [6.07, 6.45) is 0. The van der Waals surface area contributed by atoms with E-state index in [1.165, 1.54) is 0 Å². The fourth-order valence-corrected chi connectivity index (χ4v) is 0.465. The summed E-state index contributed by atoms with van der Waals surface area (Å²) in [5.74, 6) is -1.48. The van der Waals surface area contributed by atoms with Crippen molar-refractivity contribution in [2.24, 2.45) is 11.7 Å². The van der Waals surface area contributed by atoms with Gasteiger partial charge in [0.15, 0.2) is 0 Å². The maximum Gasteiger partial charge on any atom is 0.320 e. The number of nitrogens with two attached hydrogens (primary N) is 1. The van der Waals surface area contributed by atoms with E-state index in [1.54, 1.807) is 6.92 Å². The van der Waals surface area contributed by atoms with Gasteiger partial charge in [-0.05, 0) is 0 Å². The average molecular weight is 149 g/mol. The lowest BCUT2D eigenvalue weighted by molar-refractivity contribution is -0.251. The van der Waals surface area contributed by atoms with Crippen LogP contribution in [0.2, 0.25) is 0 Å². The molecule has 0 saturated heterocycles. The predicted octanol–water partition coefficient (Wildman–Crippen LogP) is -0.476. The van der Waals surface area contributed by atoms with E-state index in [1.807, 2.05) is 0 Å². The van der Waals surface area contributed by atoms with Crippen LogP contribution in [0.1, 0.15) is 6.92 Å². The molecule has 60 valence electrons. The molecule has 5 heteroatoms. The third kappa shape index (κ3) is 2.77. The van der Waals surface area contributed by atoms with E-state index in [0.29, 0.717) is 0 Å². The Morgan fingerprint density at radius 1 is 1.80 bits per heavy atom. The first-order valence-electron chi connectivity index (χ1n) is 2.84. The van der Waals surface area contributed by atoms with Gasteiger partial charge in [0.2, 0.25) is 0 Å². The number of hydrogen-bond donors (Lipinski definition) is 3. The molecule has 0 aliphatic rings. The summed E-state index contributed by atoms with van der Waals surface area (Å²) in [6, 6.07) is -0.979. The summed E-state index contributed by atoms with van der Waals surface area (Å²) < 4.78 is 0. The zero-order valence-electron chi connectivity index (χ0n) is 5.65. The highest BCUT2D eigenvalue weighted by Gasteiger charge is 2.19. The second kappa shape index (κ2) is 4.21. The normalized spacial score (nSPS) is 16.3. The van der Waals surface area contributed by atoms with Crippen LogP contribution in [0.15, 0.2) is 0 Å². The van der Waals surface area contributed by atoms with Crippen molar-refractivity contribution < 1.29 is 20.0 Å². The Morgan fingerprint density at radius 2 is 2.30 bits per heavy atom. The van der Waals surface area contributed by atoms with Gasteiger partial charge in [0.25, 0.3) is 0 Å². The van der Waals surface area contributed by atoms with Crippen molar-refractivity contribution in [1.82, 2.24) is 0 Å². The van der Waals surface area contributed by atoms with Gasteiger partial charge < -0.3 is 10.8 Å². The minimum absolute atomic E-state index is 0.0620. The molecule has 2 unspecified atom stereocenters. The van der Waals surface area contributed by atoms with E-state index in [-0.39, 0.29) is 12.5 Å². The van der Waals surface area contributed by atoms with Crippen molar-refractivity contribution in [3.05, 3.63) is 0 Å². The second-order valence-corrected chi connectivity index (χ2v) is 2.14. The van der Waals surface area contributed by atoms with Gasteiger partial charge in [-0.2, -0.15) is 0 Å². The fraction of sp³-hybridized carbons (Fsp3) is 0.800. The average Bonchev–Trinajstić information content (AvgIpc) is 1.87. The van der Waals surface area contributed by atoms with E-state index in [0.717, 1.165) is 0 Å². The summed E-state index contributed by atoms with van der Waals surface area (Å²) in [6.45, 7) is 1.52. The van der Waals surface area contributed by atoms with Crippen molar-refractivity contribution in [1.29, 1.82) is 0 Å². The number of aliphatic carboxylic acids is 1. The summed E-state index contributed by atoms with van der Waals surface area (Å²) in [7, 11) is 0. The van der Waals surface area contributed by atoms with Crippen LogP contribution in [0.3, 0.4) is 0 Å². The predicted molar refractivity (Wildman–Crippen MR) is 33.4 cm³/mol. The molecule has 0 aliphatic heterocycles. The monoisotopic (exact) mass is 149 g/mol. The lowest BCUT2D eigenvalue weighted by atomic mass is 10.1. The molecule has 5 nitrogen and oxygen atoms in total. The van der Waals surface area contributed by atoms with Crippen LogP contribution >= 0.6 is 0 Å². The molecule has 0 aliphatic carbocycles. The lowest BCUT2D eigenvalue weighted by Gasteiger charge is -2.12. The summed E-state index contributed by atoms with van der Waals surface area (Å²) in [5, 5.41) is 16.2. The van der Waals surface area contributed by atoms with Gasteiger partial charge in [0.1, 0.15) is 6.04 Å². The number of hydrogen-bond acceptors (Lipinski definition) is 4. The van der Waals surface area contributed by atoms with Crippen LogP contribution in [0, 0.1) is 5.92 Å². The van der Waals surface area contributed by atoms with Crippen molar-refractivity contribution in [2.45, 2.75) is 13.0 Å². The molecule has 0 aromatic heterocycles. The van der Waals surface area contributed by atoms with Crippen LogP contribution in [0.4, 0.5) is 0 Å². The van der Waals surface area contributed by atoms with Crippen molar-refractivity contribution >= 4 is 5.97 Å². The van der Waals surface area contributed by atoms with Crippen LogP contribution < -0.4 is 5.73 Å². The third-order valence-corrected chi connectivity index (χ3v) is 1.24. The van der Waals surface area contributed by atoms with Gasteiger partial charge in [0, 0.05) is 5.92 Å². The molecular formula is C5H11NO4. The Morgan fingerprint density at radius 3 is 2.60 bits per heavy atom. The molecule has 10 heavy (non-hydrogen) atoms. The molecule has 0 amide bonds. The van der Waals surface area contributed by atoms with Gasteiger partial charge >= 0.3 is 5.97 Å². The minimum Gasteiger partial charge on any atom is -0.480 e. The smallest absolute Gasteiger partial charge is 0.320 e. The van der Waals surface area contributed by atoms with Crippen molar-refractivity contribution in [2.75, 3.05) is 6.61 Å². The Balaban J connectivity index is 3.69. The highest BCUT2D eigenvalue weighted by atomic mass is 17.1. The number of rotatable bonds is 4. The molecule has 0 heterocycles. The molecule has 0 fully saturated rings. The van der Waals surface area contributed by atoms with Crippen molar-refractivity contribution in [3.8, 4) is 0 Å². The van der Waals surface area contributed by atoms with Crippen molar-refractivity contribution in [3.63, 3.8) is 0 Å². The van der Waals surface area contributed by atoms with Gasteiger partial charge in [0.05, 0.1) is 6.61 Å². The maximum atomic E-state index is 10.2. The summed E-state index contributed by atoms with van der Waals surface area (Å²) in [4.78, 5) is 13.9. The van der Waals surface area contributed by atoms with E-state index in [2.05, 4.69) is 4.89 Å². The molecule has 0 rings (SSSR count). The first-order valence-corrected chi connectivity index (χ1v) is 2.84. The summed E-state index contributed by atoms with van der Waals surface area (Å²) >= 11 is 0. The third-order valence-electron chi connectivity index (χ3n) is 1.24. The highest BCUT2D eigenvalue weighted by Crippen LogP contribution is 1.99. The minimum atomic E-state index is -1.09. The highest BCUT2D eigenvalue weighted by molar-refractivity contribution is 5.73. The molecule has 2 atom stereocenters. The van der Waals surface area contributed by atoms with E-state index < -0.39 is 12.0 Å². The van der Waals surface area contributed by atoms with Gasteiger partial charge in [-0.1, -0.05) is 6.92 Å². The molecule has 0 saturated carbocycles. The maximum absolute atomic E-state index is 10.2. The fourth-order valence-electron chi connectivity index (χ4n) is 0.465. The first kappa shape index (κ1) is 9.35. The van der Waals surface area contributed by atoms with E-state index >= 15 is 0 Å². The largest absolute Gasteiger partial charge is 0.480 e. The zero-order valence-corrected chi connectivity index (χ0v) is 5.65. The van der Waals surface area contributed by atoms with Crippen LogP contribution in [-0.4, -0.2) is 29.0 Å². The van der Waals surface area contributed by atoms with E-state index in [9.17, 15) is 4.79 Å². The molecular weight excluding hydrogens is 138 g/mol.